The second kappa shape index (κ2) is 7.62. The topological polar surface area (TPSA) is 88.8 Å². The maximum atomic E-state index is 10.5. The van der Waals surface area contributed by atoms with E-state index in [4.69, 9.17) is 15.1 Å². The van der Waals surface area contributed by atoms with Gasteiger partial charge in [-0.2, -0.15) is 5.26 Å². The van der Waals surface area contributed by atoms with E-state index in [1.165, 1.54) is 5.56 Å². The molecule has 2 N–H and O–H groups in total. The van der Waals surface area contributed by atoms with Crippen LogP contribution in [0.4, 0.5) is 4.79 Å². The fourth-order valence-electron chi connectivity index (χ4n) is 3.44. The average Bonchev–Trinajstić information content (AvgIpc) is 2.54. The number of fused-ring (bicyclic) bond motifs is 2. The van der Waals surface area contributed by atoms with Crippen LogP contribution in [0, 0.1) is 11.3 Å². The van der Waals surface area contributed by atoms with Gasteiger partial charge in [-0.25, -0.2) is 4.79 Å². The summed E-state index contributed by atoms with van der Waals surface area (Å²) in [5.74, 6) is 0. The molecule has 2 bridgehead atoms. The van der Waals surface area contributed by atoms with Gasteiger partial charge in [0.15, 0.2) is 0 Å². The maximum Gasteiger partial charge on any atom is 0.404 e. The highest BCUT2D eigenvalue weighted by Gasteiger charge is 2.34. The third-order valence-electron chi connectivity index (χ3n) is 4.43. The Bertz CT molecular complexity index is 599. The number of amides is 1. The summed E-state index contributed by atoms with van der Waals surface area (Å²) in [7, 11) is 0. The Labute approximate surface area is 141 Å². The summed E-state index contributed by atoms with van der Waals surface area (Å²) in [6.07, 6.45) is -0.640. The van der Waals surface area contributed by atoms with Gasteiger partial charge in [0.05, 0.1) is 23.8 Å². The number of nitrogens with zero attached hydrogens (tertiary/aromatic N) is 3. The van der Waals surface area contributed by atoms with E-state index in [1.54, 1.807) is 0 Å². The molecule has 0 radical (unpaired) electrons. The third kappa shape index (κ3) is 4.45. The van der Waals surface area contributed by atoms with Crippen molar-refractivity contribution in [1.82, 2.24) is 15.1 Å². The Morgan fingerprint density at radius 3 is 2.42 bits per heavy atom. The lowest BCUT2D eigenvalue weighted by molar-refractivity contribution is -0.139. The largest absolute Gasteiger partial charge is 0.465 e. The van der Waals surface area contributed by atoms with Crippen molar-refractivity contribution in [3.8, 4) is 6.07 Å². The van der Waals surface area contributed by atoms with Crippen molar-refractivity contribution in [2.45, 2.75) is 18.8 Å². The number of carboxylic acid groups (broad SMARTS) is 1. The number of nitriles is 1. The van der Waals surface area contributed by atoms with Gasteiger partial charge in [-0.15, -0.1) is 0 Å². The van der Waals surface area contributed by atoms with Gasteiger partial charge in [-0.1, -0.05) is 12.1 Å². The first-order chi connectivity index (χ1) is 11.6. The molecule has 7 nitrogen and oxygen atoms in total. The lowest BCUT2D eigenvalue weighted by Crippen LogP contribution is -2.59. The molecule has 1 aromatic carbocycles. The molecule has 0 spiro atoms. The standard InChI is InChI=1S/C17H22N4O3/c18-7-13-1-3-14(4-2-13)8-21-11-15-9-20(6-5-19-17(22)23)10-16(12-21)24-15/h1-4,15-16,19H,5-6,8-12H2,(H,22,23). The number of hydrogen-bond donors (Lipinski definition) is 2. The number of nitrogens with one attached hydrogen (secondary N) is 1. The van der Waals surface area contributed by atoms with Crippen LogP contribution in [0.15, 0.2) is 24.3 Å². The molecule has 24 heavy (non-hydrogen) atoms. The van der Waals surface area contributed by atoms with Crippen molar-refractivity contribution in [3.63, 3.8) is 0 Å². The SMILES string of the molecule is N#Cc1ccc(CN2CC3CN(CCNC(=O)O)CC(C2)O3)cc1. The summed E-state index contributed by atoms with van der Waals surface area (Å²) in [6.45, 7) is 5.45. The van der Waals surface area contributed by atoms with Crippen LogP contribution in [-0.4, -0.2) is 72.5 Å². The smallest absolute Gasteiger partial charge is 0.404 e. The molecule has 2 aliphatic heterocycles. The van der Waals surface area contributed by atoms with Crippen molar-refractivity contribution in [2.75, 3.05) is 39.3 Å². The fourth-order valence-corrected chi connectivity index (χ4v) is 3.44. The Morgan fingerprint density at radius 2 is 1.83 bits per heavy atom. The number of ether oxygens (including phenoxy) is 1. The molecule has 2 fully saturated rings. The summed E-state index contributed by atoms with van der Waals surface area (Å²) in [4.78, 5) is 15.2. The van der Waals surface area contributed by atoms with E-state index >= 15 is 0 Å². The number of carbonyl (C=O) groups is 1. The molecule has 1 aromatic rings. The van der Waals surface area contributed by atoms with Gasteiger partial charge in [0.25, 0.3) is 0 Å². The Morgan fingerprint density at radius 1 is 1.21 bits per heavy atom. The molecule has 3 rings (SSSR count). The molecule has 1 amide bonds. The van der Waals surface area contributed by atoms with Gasteiger partial charge >= 0.3 is 6.09 Å². The van der Waals surface area contributed by atoms with Gasteiger partial charge in [0, 0.05) is 45.8 Å². The maximum absolute atomic E-state index is 10.5. The van der Waals surface area contributed by atoms with E-state index in [1.807, 2.05) is 24.3 Å². The third-order valence-corrected chi connectivity index (χ3v) is 4.43. The van der Waals surface area contributed by atoms with E-state index in [0.717, 1.165) is 39.3 Å². The lowest BCUT2D eigenvalue weighted by atomic mass is 10.1. The van der Waals surface area contributed by atoms with Gasteiger partial charge in [-0.3, -0.25) is 9.80 Å². The summed E-state index contributed by atoms with van der Waals surface area (Å²) < 4.78 is 6.02. The van der Waals surface area contributed by atoms with E-state index in [0.29, 0.717) is 12.1 Å². The van der Waals surface area contributed by atoms with Crippen molar-refractivity contribution in [3.05, 3.63) is 35.4 Å². The lowest BCUT2D eigenvalue weighted by Gasteiger charge is -2.45. The quantitative estimate of drug-likeness (QED) is 0.827. The van der Waals surface area contributed by atoms with E-state index < -0.39 is 6.09 Å². The van der Waals surface area contributed by atoms with Crippen LogP contribution in [0.1, 0.15) is 11.1 Å². The van der Waals surface area contributed by atoms with Crippen LogP contribution in [0.2, 0.25) is 0 Å². The zero-order valence-corrected chi connectivity index (χ0v) is 13.5. The summed E-state index contributed by atoms with van der Waals surface area (Å²) in [6, 6.07) is 9.86. The first-order valence-corrected chi connectivity index (χ1v) is 8.18. The summed E-state index contributed by atoms with van der Waals surface area (Å²) in [5.41, 5.74) is 1.89. The molecular weight excluding hydrogens is 308 g/mol. The molecule has 2 saturated heterocycles. The van der Waals surface area contributed by atoms with Crippen LogP contribution >= 0.6 is 0 Å². The van der Waals surface area contributed by atoms with Gasteiger partial charge in [0.2, 0.25) is 0 Å². The Kier molecular flexibility index (Phi) is 5.30. The molecule has 128 valence electrons. The Balaban J connectivity index is 1.49. The van der Waals surface area contributed by atoms with E-state index in [2.05, 4.69) is 21.2 Å². The van der Waals surface area contributed by atoms with Crippen LogP contribution in [0.5, 0.6) is 0 Å². The van der Waals surface area contributed by atoms with Crippen LogP contribution in [-0.2, 0) is 11.3 Å². The minimum Gasteiger partial charge on any atom is -0.465 e. The molecule has 7 heteroatoms. The Hall–Kier alpha value is -2.14. The zero-order valence-electron chi connectivity index (χ0n) is 13.5. The number of morpholine rings is 2. The predicted molar refractivity (Wildman–Crippen MR) is 87.6 cm³/mol. The molecule has 0 aliphatic carbocycles. The summed E-state index contributed by atoms with van der Waals surface area (Å²) in [5, 5.41) is 19.9. The van der Waals surface area contributed by atoms with E-state index in [-0.39, 0.29) is 12.2 Å². The van der Waals surface area contributed by atoms with Crippen molar-refractivity contribution >= 4 is 6.09 Å². The minimum atomic E-state index is -0.975. The van der Waals surface area contributed by atoms with Crippen molar-refractivity contribution < 1.29 is 14.6 Å². The van der Waals surface area contributed by atoms with Crippen LogP contribution in [0.25, 0.3) is 0 Å². The predicted octanol–water partition coefficient (Wildman–Crippen LogP) is 0.711. The second-order valence-corrected chi connectivity index (χ2v) is 6.37. The minimum absolute atomic E-state index is 0.167. The number of rotatable bonds is 5. The molecule has 2 unspecified atom stereocenters. The molecule has 0 aromatic heterocycles. The average molecular weight is 330 g/mol. The molecule has 2 heterocycles. The van der Waals surface area contributed by atoms with Gasteiger partial charge < -0.3 is 15.2 Å². The summed E-state index contributed by atoms with van der Waals surface area (Å²) >= 11 is 0. The van der Waals surface area contributed by atoms with Crippen molar-refractivity contribution in [1.29, 1.82) is 5.26 Å². The monoisotopic (exact) mass is 330 g/mol. The molecule has 2 aliphatic rings. The molecule has 0 saturated carbocycles. The first-order valence-electron chi connectivity index (χ1n) is 8.18. The highest BCUT2D eigenvalue weighted by molar-refractivity contribution is 5.64. The highest BCUT2D eigenvalue weighted by atomic mass is 16.5. The van der Waals surface area contributed by atoms with Crippen LogP contribution in [0.3, 0.4) is 0 Å². The zero-order chi connectivity index (χ0) is 16.9. The highest BCUT2D eigenvalue weighted by Crippen LogP contribution is 2.20. The fraction of sp³-hybridized carbons (Fsp3) is 0.529. The second-order valence-electron chi connectivity index (χ2n) is 6.37. The molecule has 2 atom stereocenters. The van der Waals surface area contributed by atoms with Crippen molar-refractivity contribution in [2.24, 2.45) is 0 Å². The normalized spacial score (nSPS) is 24.3. The first kappa shape index (κ1) is 16.7. The van der Waals surface area contributed by atoms with Gasteiger partial charge in [0.1, 0.15) is 0 Å². The van der Waals surface area contributed by atoms with E-state index in [9.17, 15) is 4.79 Å². The number of benzene rings is 1. The number of hydrogen-bond acceptors (Lipinski definition) is 5. The van der Waals surface area contributed by atoms with Crippen LogP contribution < -0.4 is 5.32 Å². The van der Waals surface area contributed by atoms with Gasteiger partial charge in [-0.05, 0) is 17.7 Å². The molecular formula is C17H22N4O3.